The van der Waals surface area contributed by atoms with Gasteiger partial charge in [-0.3, -0.25) is 14.9 Å². The predicted molar refractivity (Wildman–Crippen MR) is 97.6 cm³/mol. The van der Waals surface area contributed by atoms with Crippen LogP contribution in [0.25, 0.3) is 0 Å². The SMILES string of the molecule is CCCN(C(=O)c1cc(C(=O)OC)cc([N+](=O)[O-])c1)c1cccc(C)c1. The largest absolute Gasteiger partial charge is 0.465 e. The van der Waals surface area contributed by atoms with Gasteiger partial charge in [-0.2, -0.15) is 0 Å². The Hall–Kier alpha value is -3.22. The number of aryl methyl sites for hydroxylation is 1. The third-order valence-corrected chi connectivity index (χ3v) is 3.80. The Bertz CT molecular complexity index is 848. The fourth-order valence-electron chi connectivity index (χ4n) is 2.60. The first-order valence-corrected chi connectivity index (χ1v) is 8.13. The van der Waals surface area contributed by atoms with Crippen LogP contribution in [0.2, 0.25) is 0 Å². The standard InChI is InChI=1S/C19H20N2O5/c1-4-8-20(16-7-5-6-13(2)9-16)18(22)14-10-15(19(23)26-3)12-17(11-14)21(24)25/h5-7,9-12H,4,8H2,1-3H3. The number of methoxy groups -OCH3 is 1. The van der Waals surface area contributed by atoms with Crippen LogP contribution in [0.1, 0.15) is 39.6 Å². The molecule has 0 bridgehead atoms. The Morgan fingerprint density at radius 2 is 1.85 bits per heavy atom. The van der Waals surface area contributed by atoms with Crippen LogP contribution in [-0.2, 0) is 4.74 Å². The number of nitrogens with zero attached hydrogens (tertiary/aromatic N) is 2. The van der Waals surface area contributed by atoms with E-state index in [0.29, 0.717) is 18.7 Å². The summed E-state index contributed by atoms with van der Waals surface area (Å²) in [4.78, 5) is 36.9. The summed E-state index contributed by atoms with van der Waals surface area (Å²) in [6.07, 6.45) is 0.707. The third-order valence-electron chi connectivity index (χ3n) is 3.80. The number of amides is 1. The molecule has 0 atom stereocenters. The number of hydrogen-bond acceptors (Lipinski definition) is 5. The maximum absolute atomic E-state index is 13.0. The Morgan fingerprint density at radius 3 is 2.42 bits per heavy atom. The van der Waals surface area contributed by atoms with Crippen molar-refractivity contribution in [1.29, 1.82) is 0 Å². The molecule has 0 unspecified atom stereocenters. The van der Waals surface area contributed by atoms with Crippen molar-refractivity contribution in [3.05, 3.63) is 69.3 Å². The molecule has 0 saturated carbocycles. The molecule has 0 saturated heterocycles. The van der Waals surface area contributed by atoms with Gasteiger partial charge in [-0.25, -0.2) is 4.79 Å². The molecule has 0 radical (unpaired) electrons. The molecule has 26 heavy (non-hydrogen) atoms. The van der Waals surface area contributed by atoms with E-state index in [2.05, 4.69) is 4.74 Å². The summed E-state index contributed by atoms with van der Waals surface area (Å²) in [6, 6.07) is 11.0. The molecule has 0 N–H and O–H groups in total. The second kappa shape index (κ2) is 8.24. The third kappa shape index (κ3) is 4.24. The molecular weight excluding hydrogens is 336 g/mol. The summed E-state index contributed by atoms with van der Waals surface area (Å²) in [7, 11) is 1.18. The number of rotatable bonds is 6. The Labute approximate surface area is 151 Å². The van der Waals surface area contributed by atoms with E-state index in [1.165, 1.54) is 19.2 Å². The van der Waals surface area contributed by atoms with E-state index in [1.54, 1.807) is 11.0 Å². The first-order chi connectivity index (χ1) is 12.4. The minimum atomic E-state index is -0.736. The van der Waals surface area contributed by atoms with Gasteiger partial charge in [0.1, 0.15) is 0 Å². The lowest BCUT2D eigenvalue weighted by Gasteiger charge is -2.23. The maximum Gasteiger partial charge on any atom is 0.338 e. The number of carbonyl (C=O) groups excluding carboxylic acids is 2. The van der Waals surface area contributed by atoms with Crippen LogP contribution in [0.4, 0.5) is 11.4 Å². The molecule has 0 fully saturated rings. The first kappa shape index (κ1) is 19.1. The molecule has 0 aromatic heterocycles. The molecular formula is C19H20N2O5. The van der Waals surface area contributed by atoms with Crippen molar-refractivity contribution in [3.63, 3.8) is 0 Å². The van der Waals surface area contributed by atoms with Gasteiger partial charge in [0.05, 0.1) is 17.6 Å². The van der Waals surface area contributed by atoms with Gasteiger partial charge in [-0.15, -0.1) is 0 Å². The molecule has 2 aromatic carbocycles. The van der Waals surface area contributed by atoms with Crippen LogP contribution >= 0.6 is 0 Å². The summed E-state index contributed by atoms with van der Waals surface area (Å²) >= 11 is 0. The van der Waals surface area contributed by atoms with Crippen LogP contribution in [0.15, 0.2) is 42.5 Å². The fraction of sp³-hybridized carbons (Fsp3) is 0.263. The van der Waals surface area contributed by atoms with Gasteiger partial charge in [-0.05, 0) is 37.1 Å². The normalized spacial score (nSPS) is 10.3. The molecule has 0 aliphatic carbocycles. The lowest BCUT2D eigenvalue weighted by atomic mass is 10.1. The van der Waals surface area contributed by atoms with Crippen LogP contribution < -0.4 is 4.90 Å². The van der Waals surface area contributed by atoms with Crippen LogP contribution in [0, 0.1) is 17.0 Å². The van der Waals surface area contributed by atoms with Crippen molar-refractivity contribution in [3.8, 4) is 0 Å². The number of benzene rings is 2. The minimum absolute atomic E-state index is 0.0364. The van der Waals surface area contributed by atoms with E-state index in [1.807, 2.05) is 32.0 Å². The highest BCUT2D eigenvalue weighted by Crippen LogP contribution is 2.23. The quantitative estimate of drug-likeness (QED) is 0.447. The van der Waals surface area contributed by atoms with Gasteiger partial charge in [0.15, 0.2) is 0 Å². The van der Waals surface area contributed by atoms with Crippen molar-refractivity contribution in [2.24, 2.45) is 0 Å². The van der Waals surface area contributed by atoms with Crippen molar-refractivity contribution in [1.82, 2.24) is 0 Å². The molecule has 0 aliphatic heterocycles. The molecule has 0 aliphatic rings. The van der Waals surface area contributed by atoms with E-state index in [0.717, 1.165) is 11.6 Å². The van der Waals surface area contributed by atoms with E-state index in [4.69, 9.17) is 0 Å². The van der Waals surface area contributed by atoms with E-state index in [-0.39, 0.29) is 16.8 Å². The van der Waals surface area contributed by atoms with Gasteiger partial charge < -0.3 is 9.64 Å². The molecule has 2 aromatic rings. The Morgan fingerprint density at radius 1 is 1.15 bits per heavy atom. The number of ether oxygens (including phenoxy) is 1. The zero-order valence-electron chi connectivity index (χ0n) is 14.9. The van der Waals surface area contributed by atoms with Gasteiger partial charge in [0.25, 0.3) is 11.6 Å². The van der Waals surface area contributed by atoms with Crippen LogP contribution in [0.5, 0.6) is 0 Å². The number of carbonyl (C=O) groups is 2. The first-order valence-electron chi connectivity index (χ1n) is 8.13. The topological polar surface area (TPSA) is 89.8 Å². The predicted octanol–water partition coefficient (Wildman–Crippen LogP) is 3.75. The Kier molecular flexibility index (Phi) is 6.06. The van der Waals surface area contributed by atoms with E-state index < -0.39 is 16.8 Å². The summed E-state index contributed by atoms with van der Waals surface area (Å²) < 4.78 is 4.63. The molecule has 136 valence electrons. The maximum atomic E-state index is 13.0. The summed E-state index contributed by atoms with van der Waals surface area (Å²) in [5.74, 6) is -1.15. The van der Waals surface area contributed by atoms with E-state index in [9.17, 15) is 19.7 Å². The van der Waals surface area contributed by atoms with Crippen molar-refractivity contribution in [2.75, 3.05) is 18.6 Å². The lowest BCUT2D eigenvalue weighted by Crippen LogP contribution is -2.32. The summed E-state index contributed by atoms with van der Waals surface area (Å²) in [6.45, 7) is 4.29. The number of esters is 1. The highest BCUT2D eigenvalue weighted by atomic mass is 16.6. The number of nitro groups is 1. The van der Waals surface area contributed by atoms with E-state index >= 15 is 0 Å². The van der Waals surface area contributed by atoms with Gasteiger partial charge in [0.2, 0.25) is 0 Å². The zero-order valence-corrected chi connectivity index (χ0v) is 14.9. The molecule has 0 heterocycles. The zero-order chi connectivity index (χ0) is 19.3. The number of nitro benzene ring substituents is 1. The van der Waals surface area contributed by atoms with Gasteiger partial charge >= 0.3 is 5.97 Å². The van der Waals surface area contributed by atoms with Crippen molar-refractivity contribution >= 4 is 23.3 Å². The molecule has 0 spiro atoms. The van der Waals surface area contributed by atoms with Gasteiger partial charge in [0, 0.05) is 29.9 Å². The molecule has 1 amide bonds. The highest BCUT2D eigenvalue weighted by molar-refractivity contribution is 6.07. The molecule has 7 nitrogen and oxygen atoms in total. The van der Waals surface area contributed by atoms with Crippen LogP contribution in [-0.4, -0.2) is 30.5 Å². The number of anilines is 1. The van der Waals surface area contributed by atoms with Crippen LogP contribution in [0.3, 0.4) is 0 Å². The number of hydrogen-bond donors (Lipinski definition) is 0. The fourth-order valence-corrected chi connectivity index (χ4v) is 2.60. The highest BCUT2D eigenvalue weighted by Gasteiger charge is 2.22. The minimum Gasteiger partial charge on any atom is -0.465 e. The molecule has 2 rings (SSSR count). The second-order valence-corrected chi connectivity index (χ2v) is 5.81. The Balaban J connectivity index is 2.52. The van der Waals surface area contributed by atoms with Crippen molar-refractivity contribution in [2.45, 2.75) is 20.3 Å². The van der Waals surface area contributed by atoms with Gasteiger partial charge in [-0.1, -0.05) is 19.1 Å². The average molecular weight is 356 g/mol. The molecule has 7 heteroatoms. The smallest absolute Gasteiger partial charge is 0.338 e. The van der Waals surface area contributed by atoms with Crippen molar-refractivity contribution < 1.29 is 19.2 Å². The lowest BCUT2D eigenvalue weighted by molar-refractivity contribution is -0.384. The summed E-state index contributed by atoms with van der Waals surface area (Å²) in [5, 5.41) is 11.2. The second-order valence-electron chi connectivity index (χ2n) is 5.81. The number of non-ortho nitro benzene ring substituents is 1. The average Bonchev–Trinajstić information content (AvgIpc) is 2.64. The summed E-state index contributed by atoms with van der Waals surface area (Å²) in [5.41, 5.74) is 1.38. The monoisotopic (exact) mass is 356 g/mol.